The van der Waals surface area contributed by atoms with Crippen molar-refractivity contribution in [3.05, 3.63) is 86.6 Å². The Balaban J connectivity index is 1.74. The first-order valence-electron chi connectivity index (χ1n) is 8.49. The third-order valence-corrected chi connectivity index (χ3v) is 5.27. The molecule has 2 aromatic carbocycles. The van der Waals surface area contributed by atoms with Crippen LogP contribution in [0.25, 0.3) is 16.6 Å². The fourth-order valence-corrected chi connectivity index (χ4v) is 3.69. The second-order valence-electron chi connectivity index (χ2n) is 6.25. The standard InChI is InChI=1S/C21H17N3O2S/c1-13-12-15(9-10-17(13)23-20(25)19-8-5-11-27-19)24-14(2)22-18-7-4-3-6-16(18)21(24)26/h3-12H,1-2H3,(H,23,25). The molecule has 2 aromatic heterocycles. The number of para-hydroxylation sites is 1. The monoisotopic (exact) mass is 375 g/mol. The summed E-state index contributed by atoms with van der Waals surface area (Å²) in [5.74, 6) is 0.482. The van der Waals surface area contributed by atoms with Crippen LogP contribution in [0, 0.1) is 13.8 Å². The lowest BCUT2D eigenvalue weighted by Gasteiger charge is -2.14. The van der Waals surface area contributed by atoms with Crippen LogP contribution in [0.4, 0.5) is 5.69 Å². The summed E-state index contributed by atoms with van der Waals surface area (Å²) in [5, 5.41) is 5.37. The molecule has 0 atom stereocenters. The van der Waals surface area contributed by atoms with Gasteiger partial charge in [0.1, 0.15) is 5.82 Å². The highest BCUT2D eigenvalue weighted by molar-refractivity contribution is 7.12. The quantitative estimate of drug-likeness (QED) is 0.580. The van der Waals surface area contributed by atoms with Crippen LogP contribution < -0.4 is 10.9 Å². The summed E-state index contributed by atoms with van der Waals surface area (Å²) in [6.45, 7) is 3.72. The molecule has 27 heavy (non-hydrogen) atoms. The van der Waals surface area contributed by atoms with Crippen molar-refractivity contribution in [2.45, 2.75) is 13.8 Å². The number of aryl methyl sites for hydroxylation is 2. The molecule has 0 aliphatic heterocycles. The van der Waals surface area contributed by atoms with Gasteiger partial charge in [0.2, 0.25) is 0 Å². The first-order chi connectivity index (χ1) is 13.0. The molecule has 0 saturated carbocycles. The van der Waals surface area contributed by atoms with Crippen molar-refractivity contribution in [1.29, 1.82) is 0 Å². The van der Waals surface area contributed by atoms with Gasteiger partial charge < -0.3 is 5.32 Å². The number of fused-ring (bicyclic) bond motifs is 1. The van der Waals surface area contributed by atoms with Gasteiger partial charge in [0, 0.05) is 5.69 Å². The van der Waals surface area contributed by atoms with Crippen LogP contribution in [0.1, 0.15) is 21.1 Å². The SMILES string of the molecule is Cc1cc(-n2c(C)nc3ccccc3c2=O)ccc1NC(=O)c1cccs1. The third kappa shape index (κ3) is 3.15. The molecule has 1 amide bonds. The second kappa shape index (κ2) is 6.81. The van der Waals surface area contributed by atoms with Crippen LogP contribution in [0.3, 0.4) is 0 Å². The summed E-state index contributed by atoms with van der Waals surface area (Å²) in [5.41, 5.74) is 2.90. The van der Waals surface area contributed by atoms with Gasteiger partial charge in [0.05, 0.1) is 21.5 Å². The number of amides is 1. The normalized spacial score (nSPS) is 10.9. The number of hydrogen-bond acceptors (Lipinski definition) is 4. The lowest BCUT2D eigenvalue weighted by molar-refractivity contribution is 0.103. The van der Waals surface area contributed by atoms with E-state index in [0.717, 1.165) is 16.9 Å². The smallest absolute Gasteiger partial charge is 0.265 e. The van der Waals surface area contributed by atoms with Crippen LogP contribution in [-0.4, -0.2) is 15.5 Å². The maximum Gasteiger partial charge on any atom is 0.265 e. The second-order valence-corrected chi connectivity index (χ2v) is 7.20. The molecular weight excluding hydrogens is 358 g/mol. The number of carbonyl (C=O) groups excluding carboxylic acids is 1. The van der Waals surface area contributed by atoms with Crippen LogP contribution in [0.5, 0.6) is 0 Å². The fourth-order valence-electron chi connectivity index (χ4n) is 3.07. The summed E-state index contributed by atoms with van der Waals surface area (Å²) in [6, 6.07) is 16.5. The van der Waals surface area contributed by atoms with E-state index in [1.807, 2.05) is 61.7 Å². The molecule has 0 aliphatic carbocycles. The maximum atomic E-state index is 12.9. The van der Waals surface area contributed by atoms with Gasteiger partial charge in [-0.3, -0.25) is 14.2 Å². The van der Waals surface area contributed by atoms with Crippen molar-refractivity contribution < 1.29 is 4.79 Å². The molecule has 5 nitrogen and oxygen atoms in total. The van der Waals surface area contributed by atoms with Crippen molar-refractivity contribution in [2.24, 2.45) is 0 Å². The number of nitrogens with zero attached hydrogens (tertiary/aromatic N) is 2. The lowest BCUT2D eigenvalue weighted by atomic mass is 10.1. The Morgan fingerprint density at radius 3 is 2.63 bits per heavy atom. The Hall–Kier alpha value is -3.25. The number of anilines is 1. The maximum absolute atomic E-state index is 12.9. The van der Waals surface area contributed by atoms with E-state index < -0.39 is 0 Å². The highest BCUT2D eigenvalue weighted by Gasteiger charge is 2.12. The topological polar surface area (TPSA) is 64.0 Å². The Morgan fingerprint density at radius 1 is 1.07 bits per heavy atom. The number of nitrogens with one attached hydrogen (secondary N) is 1. The van der Waals surface area contributed by atoms with E-state index in [-0.39, 0.29) is 11.5 Å². The summed E-state index contributed by atoms with van der Waals surface area (Å²) in [4.78, 5) is 30.4. The zero-order valence-corrected chi connectivity index (χ0v) is 15.7. The van der Waals surface area contributed by atoms with Crippen molar-refractivity contribution in [3.63, 3.8) is 0 Å². The van der Waals surface area contributed by atoms with E-state index in [9.17, 15) is 9.59 Å². The Labute approximate surface area is 159 Å². The van der Waals surface area contributed by atoms with Gasteiger partial charge in [0.15, 0.2) is 0 Å². The van der Waals surface area contributed by atoms with Gasteiger partial charge >= 0.3 is 0 Å². The van der Waals surface area contributed by atoms with Gasteiger partial charge in [-0.1, -0.05) is 18.2 Å². The molecule has 0 aliphatic rings. The first kappa shape index (κ1) is 17.2. The number of carbonyl (C=O) groups is 1. The van der Waals surface area contributed by atoms with E-state index >= 15 is 0 Å². The van der Waals surface area contributed by atoms with Crippen molar-refractivity contribution in [3.8, 4) is 5.69 Å². The molecule has 0 fully saturated rings. The number of rotatable bonds is 3. The molecule has 0 saturated heterocycles. The van der Waals surface area contributed by atoms with Crippen LogP contribution >= 0.6 is 11.3 Å². The summed E-state index contributed by atoms with van der Waals surface area (Å²) in [7, 11) is 0. The molecule has 134 valence electrons. The first-order valence-corrected chi connectivity index (χ1v) is 9.37. The highest BCUT2D eigenvalue weighted by atomic mass is 32.1. The van der Waals surface area contributed by atoms with E-state index in [1.54, 1.807) is 16.7 Å². The van der Waals surface area contributed by atoms with Crippen LogP contribution in [-0.2, 0) is 0 Å². The minimum Gasteiger partial charge on any atom is -0.321 e. The highest BCUT2D eigenvalue weighted by Crippen LogP contribution is 2.21. The number of aromatic nitrogens is 2. The average Bonchev–Trinajstić information content (AvgIpc) is 3.19. The van der Waals surface area contributed by atoms with Crippen molar-refractivity contribution >= 4 is 33.8 Å². The Bertz CT molecular complexity index is 1210. The summed E-state index contributed by atoms with van der Waals surface area (Å²) in [6.07, 6.45) is 0. The van der Waals surface area contributed by atoms with Gasteiger partial charge in [0.25, 0.3) is 11.5 Å². The molecular formula is C21H17N3O2S. The molecule has 4 rings (SSSR count). The van der Waals surface area contributed by atoms with E-state index in [1.165, 1.54) is 11.3 Å². The Morgan fingerprint density at radius 2 is 1.89 bits per heavy atom. The third-order valence-electron chi connectivity index (χ3n) is 4.40. The summed E-state index contributed by atoms with van der Waals surface area (Å²) >= 11 is 1.40. The largest absolute Gasteiger partial charge is 0.321 e. The van der Waals surface area contributed by atoms with E-state index in [4.69, 9.17) is 0 Å². The predicted molar refractivity (Wildman–Crippen MR) is 109 cm³/mol. The van der Waals surface area contributed by atoms with E-state index in [0.29, 0.717) is 21.6 Å². The molecule has 6 heteroatoms. The number of hydrogen-bond donors (Lipinski definition) is 1. The van der Waals surface area contributed by atoms with Crippen molar-refractivity contribution in [2.75, 3.05) is 5.32 Å². The minimum absolute atomic E-state index is 0.104. The molecule has 0 radical (unpaired) electrons. The van der Waals surface area contributed by atoms with Crippen molar-refractivity contribution in [1.82, 2.24) is 9.55 Å². The van der Waals surface area contributed by atoms with E-state index in [2.05, 4.69) is 10.3 Å². The minimum atomic E-state index is -0.137. The van der Waals surface area contributed by atoms with Gasteiger partial charge in [-0.05, 0) is 61.2 Å². The van der Waals surface area contributed by atoms with Crippen LogP contribution in [0.2, 0.25) is 0 Å². The molecule has 4 aromatic rings. The number of thiophene rings is 1. The zero-order valence-electron chi connectivity index (χ0n) is 14.9. The lowest BCUT2D eigenvalue weighted by Crippen LogP contribution is -2.22. The van der Waals surface area contributed by atoms with Crippen LogP contribution in [0.15, 0.2) is 64.8 Å². The fraction of sp³-hybridized carbons (Fsp3) is 0.0952. The summed E-state index contributed by atoms with van der Waals surface area (Å²) < 4.78 is 1.60. The molecule has 0 bridgehead atoms. The molecule has 0 unspecified atom stereocenters. The average molecular weight is 375 g/mol. The Kier molecular flexibility index (Phi) is 4.33. The van der Waals surface area contributed by atoms with Gasteiger partial charge in [-0.2, -0.15) is 0 Å². The van der Waals surface area contributed by atoms with Gasteiger partial charge in [-0.15, -0.1) is 11.3 Å². The molecule has 2 heterocycles. The molecule has 1 N–H and O–H groups in total. The number of benzene rings is 2. The molecule has 0 spiro atoms. The van der Waals surface area contributed by atoms with Gasteiger partial charge in [-0.25, -0.2) is 4.98 Å². The predicted octanol–water partition coefficient (Wildman–Crippen LogP) is 4.32. The zero-order chi connectivity index (χ0) is 19.0.